The molecule has 0 aliphatic carbocycles. The summed E-state index contributed by atoms with van der Waals surface area (Å²) in [5.41, 5.74) is 4.86. The minimum atomic E-state index is -0.0849. The largest absolute Gasteiger partial charge is 0.496 e. The molecule has 29 heavy (non-hydrogen) atoms. The number of aromatic nitrogens is 2. The van der Waals surface area contributed by atoms with E-state index in [1.165, 1.54) is 0 Å². The molecule has 2 aromatic carbocycles. The van der Waals surface area contributed by atoms with E-state index in [4.69, 9.17) is 4.74 Å². The predicted molar refractivity (Wildman–Crippen MR) is 119 cm³/mol. The van der Waals surface area contributed by atoms with Gasteiger partial charge in [-0.05, 0) is 50.3 Å². The van der Waals surface area contributed by atoms with Crippen molar-refractivity contribution in [1.29, 1.82) is 0 Å². The molecule has 0 saturated carbocycles. The van der Waals surface area contributed by atoms with E-state index >= 15 is 0 Å². The number of amides is 1. The highest BCUT2D eigenvalue weighted by Gasteiger charge is 2.16. The topological polar surface area (TPSA) is 47.4 Å². The van der Waals surface area contributed by atoms with Gasteiger partial charge in [0.15, 0.2) is 0 Å². The van der Waals surface area contributed by atoms with Crippen molar-refractivity contribution in [2.45, 2.75) is 20.4 Å². The highest BCUT2D eigenvalue weighted by molar-refractivity contribution is 9.10. The molecule has 0 atom stereocenters. The Hall–Kier alpha value is -2.86. The normalized spacial score (nSPS) is 11.1. The average molecular weight is 454 g/mol. The molecule has 0 unspecified atom stereocenters. The van der Waals surface area contributed by atoms with Gasteiger partial charge < -0.3 is 9.64 Å². The summed E-state index contributed by atoms with van der Waals surface area (Å²) in [5.74, 6) is 0.633. The summed E-state index contributed by atoms with van der Waals surface area (Å²) >= 11 is 3.45. The fourth-order valence-electron chi connectivity index (χ4n) is 3.16. The van der Waals surface area contributed by atoms with E-state index in [2.05, 4.69) is 21.0 Å². The standard InChI is InChI=1S/C23H24BrN3O2/c1-16-21(17(2)27(25-16)20-8-6-5-7-9-20)15-26(3)23(28)13-10-18-14-19(24)11-12-22(18)29-4/h5-14H,15H2,1-4H3/b13-10+. The fraction of sp³-hybridized carbons (Fsp3) is 0.217. The predicted octanol–water partition coefficient (Wildman–Crippen LogP) is 4.93. The lowest BCUT2D eigenvalue weighted by Crippen LogP contribution is -2.24. The number of benzene rings is 2. The van der Waals surface area contributed by atoms with Crippen molar-refractivity contribution >= 4 is 27.9 Å². The zero-order valence-corrected chi connectivity index (χ0v) is 18.6. The van der Waals surface area contributed by atoms with Crippen molar-refractivity contribution in [3.63, 3.8) is 0 Å². The molecule has 1 heterocycles. The second kappa shape index (κ2) is 9.09. The summed E-state index contributed by atoms with van der Waals surface area (Å²) in [7, 11) is 3.41. The van der Waals surface area contributed by atoms with E-state index in [0.29, 0.717) is 6.54 Å². The minimum absolute atomic E-state index is 0.0849. The van der Waals surface area contributed by atoms with Gasteiger partial charge in [-0.25, -0.2) is 4.68 Å². The van der Waals surface area contributed by atoms with E-state index in [1.807, 2.05) is 67.1 Å². The quantitative estimate of drug-likeness (QED) is 0.497. The first-order valence-electron chi connectivity index (χ1n) is 9.28. The molecule has 5 nitrogen and oxygen atoms in total. The number of para-hydroxylation sites is 1. The van der Waals surface area contributed by atoms with Crippen molar-refractivity contribution in [2.24, 2.45) is 0 Å². The van der Waals surface area contributed by atoms with Crippen molar-refractivity contribution in [3.05, 3.63) is 81.6 Å². The van der Waals surface area contributed by atoms with Gasteiger partial charge in [0.25, 0.3) is 0 Å². The molecular weight excluding hydrogens is 430 g/mol. The van der Waals surface area contributed by atoms with Gasteiger partial charge in [-0.3, -0.25) is 4.79 Å². The number of likely N-dealkylation sites (N-methyl/N-ethyl adjacent to an activating group) is 1. The molecule has 3 aromatic rings. The van der Waals surface area contributed by atoms with Gasteiger partial charge in [-0.15, -0.1) is 0 Å². The summed E-state index contributed by atoms with van der Waals surface area (Å²) < 4.78 is 8.21. The number of halogens is 1. The molecular formula is C23H24BrN3O2. The Bertz CT molecular complexity index is 1040. The van der Waals surface area contributed by atoms with E-state index in [1.54, 1.807) is 31.2 Å². The first kappa shape index (κ1) is 20.9. The van der Waals surface area contributed by atoms with Crippen molar-refractivity contribution in [3.8, 4) is 11.4 Å². The van der Waals surface area contributed by atoms with Crippen LogP contribution in [-0.4, -0.2) is 34.7 Å². The summed E-state index contributed by atoms with van der Waals surface area (Å²) in [4.78, 5) is 14.4. The number of aryl methyl sites for hydroxylation is 1. The van der Waals surface area contributed by atoms with Gasteiger partial charge in [-0.2, -0.15) is 5.10 Å². The smallest absolute Gasteiger partial charge is 0.246 e. The molecule has 0 N–H and O–H groups in total. The Morgan fingerprint density at radius 3 is 2.62 bits per heavy atom. The van der Waals surface area contributed by atoms with Crippen molar-refractivity contribution in [2.75, 3.05) is 14.2 Å². The summed E-state index contributed by atoms with van der Waals surface area (Å²) in [6.45, 7) is 4.49. The average Bonchev–Trinajstić information content (AvgIpc) is 3.01. The van der Waals surface area contributed by atoms with Crippen molar-refractivity contribution in [1.82, 2.24) is 14.7 Å². The molecule has 6 heteroatoms. The van der Waals surface area contributed by atoms with Crippen LogP contribution in [-0.2, 0) is 11.3 Å². The molecule has 0 aliphatic heterocycles. The van der Waals surface area contributed by atoms with Crippen LogP contribution in [0.25, 0.3) is 11.8 Å². The van der Waals surface area contributed by atoms with E-state index in [9.17, 15) is 4.79 Å². The van der Waals surface area contributed by atoms with E-state index < -0.39 is 0 Å². The summed E-state index contributed by atoms with van der Waals surface area (Å²) in [5, 5.41) is 4.66. The zero-order valence-electron chi connectivity index (χ0n) is 17.0. The summed E-state index contributed by atoms with van der Waals surface area (Å²) in [6.07, 6.45) is 3.34. The number of carbonyl (C=O) groups is 1. The first-order valence-corrected chi connectivity index (χ1v) is 10.1. The maximum atomic E-state index is 12.7. The number of hydrogen-bond acceptors (Lipinski definition) is 3. The highest BCUT2D eigenvalue weighted by Crippen LogP contribution is 2.24. The Labute approximate surface area is 179 Å². The molecule has 0 bridgehead atoms. The number of nitrogens with zero attached hydrogens (tertiary/aromatic N) is 3. The number of ether oxygens (including phenoxy) is 1. The molecule has 0 fully saturated rings. The SMILES string of the molecule is COc1ccc(Br)cc1/C=C/C(=O)N(C)Cc1c(C)nn(-c2ccccc2)c1C. The summed E-state index contributed by atoms with van der Waals surface area (Å²) in [6, 6.07) is 15.7. The number of carbonyl (C=O) groups excluding carboxylic acids is 1. The first-order chi connectivity index (χ1) is 13.9. The fourth-order valence-corrected chi connectivity index (χ4v) is 3.54. The van der Waals surface area contributed by atoms with E-state index in [0.717, 1.165) is 38.4 Å². The third-order valence-electron chi connectivity index (χ3n) is 4.81. The number of rotatable bonds is 6. The molecule has 150 valence electrons. The molecule has 3 rings (SSSR count). The van der Waals surface area contributed by atoms with E-state index in [-0.39, 0.29) is 5.91 Å². The van der Waals surface area contributed by atoms with Crippen LogP contribution in [0.15, 0.2) is 59.1 Å². The third kappa shape index (κ3) is 4.77. The van der Waals surface area contributed by atoms with Gasteiger partial charge in [0.05, 0.1) is 18.5 Å². The van der Waals surface area contributed by atoms with Crippen LogP contribution in [0.1, 0.15) is 22.5 Å². The zero-order chi connectivity index (χ0) is 21.0. The highest BCUT2D eigenvalue weighted by atomic mass is 79.9. The van der Waals surface area contributed by atoms with Crippen LogP contribution < -0.4 is 4.74 Å². The lowest BCUT2D eigenvalue weighted by Gasteiger charge is -2.16. The minimum Gasteiger partial charge on any atom is -0.496 e. The monoisotopic (exact) mass is 453 g/mol. The molecule has 0 aliphatic rings. The number of hydrogen-bond donors (Lipinski definition) is 0. The van der Waals surface area contributed by atoms with Crippen LogP contribution in [0.5, 0.6) is 5.75 Å². The van der Waals surface area contributed by atoms with Crippen molar-refractivity contribution < 1.29 is 9.53 Å². The van der Waals surface area contributed by atoms with Gasteiger partial charge in [0.2, 0.25) is 5.91 Å². The van der Waals surface area contributed by atoms with Crippen LogP contribution in [0, 0.1) is 13.8 Å². The Balaban J connectivity index is 1.77. The third-order valence-corrected chi connectivity index (χ3v) is 5.30. The molecule has 1 aromatic heterocycles. The Kier molecular flexibility index (Phi) is 6.54. The second-order valence-corrected chi connectivity index (χ2v) is 7.73. The Morgan fingerprint density at radius 2 is 1.93 bits per heavy atom. The van der Waals surface area contributed by atoms with Gasteiger partial charge >= 0.3 is 0 Å². The van der Waals surface area contributed by atoms with Gasteiger partial charge in [0, 0.05) is 41.0 Å². The lowest BCUT2D eigenvalue weighted by molar-refractivity contribution is -0.125. The second-order valence-electron chi connectivity index (χ2n) is 6.81. The van der Waals surface area contributed by atoms with Crippen LogP contribution in [0.2, 0.25) is 0 Å². The molecule has 1 amide bonds. The maximum absolute atomic E-state index is 12.7. The molecule has 0 saturated heterocycles. The van der Waals surface area contributed by atoms with Crippen LogP contribution >= 0.6 is 15.9 Å². The Morgan fingerprint density at radius 1 is 1.21 bits per heavy atom. The van der Waals surface area contributed by atoms with Gasteiger partial charge in [0.1, 0.15) is 5.75 Å². The number of methoxy groups -OCH3 is 1. The van der Waals surface area contributed by atoms with Crippen LogP contribution in [0.3, 0.4) is 0 Å². The molecule has 0 radical (unpaired) electrons. The molecule has 0 spiro atoms. The van der Waals surface area contributed by atoms with Gasteiger partial charge in [-0.1, -0.05) is 34.1 Å². The van der Waals surface area contributed by atoms with Crippen LogP contribution in [0.4, 0.5) is 0 Å². The lowest BCUT2D eigenvalue weighted by atomic mass is 10.1. The maximum Gasteiger partial charge on any atom is 0.246 e.